The molecule has 0 spiro atoms. The number of hydrogen-bond donors (Lipinski definition) is 2. The van der Waals surface area contributed by atoms with Crippen molar-refractivity contribution < 1.29 is 0 Å². The van der Waals surface area contributed by atoms with Crippen molar-refractivity contribution in [1.29, 1.82) is 0 Å². The van der Waals surface area contributed by atoms with Crippen LogP contribution in [-0.4, -0.2) is 30.1 Å². The van der Waals surface area contributed by atoms with E-state index in [1.165, 1.54) is 37.7 Å². The van der Waals surface area contributed by atoms with Crippen LogP contribution in [0, 0.1) is 5.92 Å². The quantitative estimate of drug-likeness (QED) is 0.400. The molecule has 5 aromatic heterocycles. The summed E-state index contributed by atoms with van der Waals surface area (Å²) in [6.07, 6.45) is 15.5. The third-order valence-electron chi connectivity index (χ3n) is 6.43. The lowest BCUT2D eigenvalue weighted by atomic mass is 9.85. The summed E-state index contributed by atoms with van der Waals surface area (Å²) in [5.41, 5.74) is 7.95. The molecule has 0 atom stereocenters. The molecule has 154 valence electrons. The molecule has 5 heterocycles. The second-order valence-electron chi connectivity index (χ2n) is 8.60. The van der Waals surface area contributed by atoms with Gasteiger partial charge in [0.05, 0.1) is 34.1 Å². The van der Waals surface area contributed by atoms with Crippen LogP contribution in [0.2, 0.25) is 0 Å². The Hall–Kier alpha value is -3.54. The smallest absolute Gasteiger partial charge is 0.116 e. The maximum Gasteiger partial charge on any atom is 0.116 e. The van der Waals surface area contributed by atoms with Crippen LogP contribution >= 0.6 is 0 Å². The summed E-state index contributed by atoms with van der Waals surface area (Å²) in [6, 6.07) is 10.4. The zero-order valence-corrected chi connectivity index (χ0v) is 17.3. The van der Waals surface area contributed by atoms with Gasteiger partial charge in [0.25, 0.3) is 0 Å². The minimum absolute atomic E-state index is 0.789. The van der Waals surface area contributed by atoms with Gasteiger partial charge in [-0.25, -0.2) is 0 Å². The summed E-state index contributed by atoms with van der Waals surface area (Å²) >= 11 is 0. The van der Waals surface area contributed by atoms with Crippen LogP contribution in [0.1, 0.15) is 37.7 Å². The number of H-pyrrole nitrogens is 2. The number of nitrogens with zero attached hydrogens (tertiary/aromatic N) is 4. The fourth-order valence-corrected chi connectivity index (χ4v) is 4.83. The second kappa shape index (κ2) is 7.61. The highest BCUT2D eigenvalue weighted by atomic mass is 15.1. The number of nitrogens with one attached hydrogen (secondary N) is 2. The van der Waals surface area contributed by atoms with Crippen LogP contribution < -0.4 is 0 Å². The highest BCUT2D eigenvalue weighted by molar-refractivity contribution is 5.96. The minimum atomic E-state index is 0.789. The zero-order chi connectivity index (χ0) is 20.6. The fourth-order valence-electron chi connectivity index (χ4n) is 4.83. The number of rotatable bonds is 4. The van der Waals surface area contributed by atoms with E-state index < -0.39 is 0 Å². The summed E-state index contributed by atoms with van der Waals surface area (Å²) in [4.78, 5) is 17.1. The van der Waals surface area contributed by atoms with E-state index in [-0.39, 0.29) is 0 Å². The molecule has 0 aromatic carbocycles. The van der Waals surface area contributed by atoms with Crippen molar-refractivity contribution in [3.05, 3.63) is 60.7 Å². The fraction of sp³-hybridized carbons (Fsp3) is 0.280. The van der Waals surface area contributed by atoms with E-state index in [9.17, 15) is 0 Å². The topological polar surface area (TPSA) is 83.1 Å². The van der Waals surface area contributed by atoms with Gasteiger partial charge in [-0.15, -0.1) is 0 Å². The lowest BCUT2D eigenvalue weighted by Gasteiger charge is -2.21. The Balaban J connectivity index is 1.36. The third kappa shape index (κ3) is 3.48. The van der Waals surface area contributed by atoms with Gasteiger partial charge in [-0.1, -0.05) is 32.1 Å². The molecular weight excluding hydrogens is 384 g/mol. The summed E-state index contributed by atoms with van der Waals surface area (Å²) in [7, 11) is 0. The first kappa shape index (κ1) is 18.2. The zero-order valence-electron chi connectivity index (χ0n) is 17.3. The Labute approximate surface area is 180 Å². The monoisotopic (exact) mass is 408 g/mol. The Kier molecular flexibility index (Phi) is 4.48. The van der Waals surface area contributed by atoms with Gasteiger partial charge in [0.2, 0.25) is 0 Å². The number of aromatic amines is 2. The highest BCUT2D eigenvalue weighted by Crippen LogP contribution is 2.31. The van der Waals surface area contributed by atoms with E-state index in [2.05, 4.69) is 42.3 Å². The molecule has 1 saturated carbocycles. The van der Waals surface area contributed by atoms with Gasteiger partial charge in [0, 0.05) is 29.5 Å². The Morgan fingerprint density at radius 3 is 2.77 bits per heavy atom. The average molecular weight is 409 g/mol. The van der Waals surface area contributed by atoms with E-state index in [1.54, 1.807) is 6.20 Å². The molecule has 1 aliphatic rings. The molecule has 0 amide bonds. The number of hydrogen-bond acceptors (Lipinski definition) is 4. The van der Waals surface area contributed by atoms with Crippen LogP contribution in [0.15, 0.2) is 55.1 Å². The first-order valence-corrected chi connectivity index (χ1v) is 11.1. The molecular formula is C25H24N6. The highest BCUT2D eigenvalue weighted by Gasteiger charge is 2.16. The summed E-state index contributed by atoms with van der Waals surface area (Å²) in [6.45, 7) is 0. The normalized spacial score (nSPS) is 15.1. The molecule has 6 nitrogen and oxygen atoms in total. The lowest BCUT2D eigenvalue weighted by molar-refractivity contribution is 0.356. The van der Waals surface area contributed by atoms with Gasteiger partial charge in [-0.3, -0.25) is 20.1 Å². The minimum Gasteiger partial charge on any atom is -0.352 e. The van der Waals surface area contributed by atoms with E-state index in [0.717, 1.165) is 56.9 Å². The Morgan fingerprint density at radius 2 is 1.87 bits per heavy atom. The Bertz CT molecular complexity index is 1330. The first-order valence-electron chi connectivity index (χ1n) is 11.1. The Morgan fingerprint density at radius 1 is 0.935 bits per heavy atom. The summed E-state index contributed by atoms with van der Waals surface area (Å²) in [5, 5.41) is 8.69. The third-order valence-corrected chi connectivity index (χ3v) is 6.43. The molecule has 31 heavy (non-hydrogen) atoms. The predicted molar refractivity (Wildman–Crippen MR) is 122 cm³/mol. The van der Waals surface area contributed by atoms with Crippen molar-refractivity contribution in [1.82, 2.24) is 30.1 Å². The van der Waals surface area contributed by atoms with Crippen LogP contribution in [-0.2, 0) is 6.42 Å². The largest absolute Gasteiger partial charge is 0.352 e. The SMILES string of the molecule is c1cnc2cc(-c3n[nH]c4cnc(-c5cncc(CC6CCCCC6)c5)cc34)[nH]c2c1. The molecule has 5 aromatic rings. The maximum atomic E-state index is 4.68. The molecule has 1 fully saturated rings. The maximum absolute atomic E-state index is 4.68. The molecule has 2 N–H and O–H groups in total. The molecule has 0 unspecified atom stereocenters. The van der Waals surface area contributed by atoms with Gasteiger partial charge in [-0.05, 0) is 48.2 Å². The summed E-state index contributed by atoms with van der Waals surface area (Å²) < 4.78 is 0. The van der Waals surface area contributed by atoms with Crippen LogP contribution in [0.5, 0.6) is 0 Å². The molecule has 0 aliphatic heterocycles. The van der Waals surface area contributed by atoms with Crippen molar-refractivity contribution in [3.63, 3.8) is 0 Å². The van der Waals surface area contributed by atoms with Gasteiger partial charge < -0.3 is 4.98 Å². The second-order valence-corrected chi connectivity index (χ2v) is 8.60. The molecule has 6 heteroatoms. The number of pyridine rings is 3. The molecule has 6 rings (SSSR count). The van der Waals surface area contributed by atoms with Gasteiger partial charge in [0.1, 0.15) is 5.69 Å². The molecule has 0 radical (unpaired) electrons. The van der Waals surface area contributed by atoms with Gasteiger partial charge in [-0.2, -0.15) is 5.10 Å². The molecule has 1 aliphatic carbocycles. The van der Waals surface area contributed by atoms with Gasteiger partial charge in [0.15, 0.2) is 0 Å². The molecule has 0 saturated heterocycles. The first-order chi connectivity index (χ1) is 15.3. The number of aromatic nitrogens is 6. The van der Waals surface area contributed by atoms with Crippen LogP contribution in [0.4, 0.5) is 0 Å². The van der Waals surface area contributed by atoms with Crippen LogP contribution in [0.25, 0.3) is 44.6 Å². The van der Waals surface area contributed by atoms with Crippen molar-refractivity contribution in [2.75, 3.05) is 0 Å². The van der Waals surface area contributed by atoms with Crippen molar-refractivity contribution >= 4 is 21.9 Å². The lowest BCUT2D eigenvalue weighted by Crippen LogP contribution is -2.09. The molecule has 0 bridgehead atoms. The van der Waals surface area contributed by atoms with E-state index in [1.807, 2.05) is 36.8 Å². The summed E-state index contributed by atoms with van der Waals surface area (Å²) in [5.74, 6) is 0.789. The van der Waals surface area contributed by atoms with Crippen molar-refractivity contribution in [2.24, 2.45) is 5.92 Å². The average Bonchev–Trinajstić information content (AvgIpc) is 3.43. The van der Waals surface area contributed by atoms with E-state index >= 15 is 0 Å². The van der Waals surface area contributed by atoms with Crippen LogP contribution in [0.3, 0.4) is 0 Å². The van der Waals surface area contributed by atoms with E-state index in [0.29, 0.717) is 0 Å². The van der Waals surface area contributed by atoms with Crippen molar-refractivity contribution in [2.45, 2.75) is 38.5 Å². The van der Waals surface area contributed by atoms with E-state index in [4.69, 9.17) is 0 Å². The van der Waals surface area contributed by atoms with Gasteiger partial charge >= 0.3 is 0 Å². The van der Waals surface area contributed by atoms with Crippen molar-refractivity contribution in [3.8, 4) is 22.6 Å². The standard InChI is InChI=1S/C25H24N6/c1-2-5-16(6-3-1)9-17-10-18(14-26-13-17)21-11-19-24(15-28-21)30-31-25(19)23-12-22-20(29-23)7-4-8-27-22/h4,7-8,10-16,29H,1-3,5-6,9H2,(H,30,31). The predicted octanol–water partition coefficient (Wildman–Crippen LogP) is 5.69. The number of fused-ring (bicyclic) bond motifs is 2.